The third-order valence-corrected chi connectivity index (χ3v) is 5.42. The first-order valence-electron chi connectivity index (χ1n) is 9.81. The van der Waals surface area contributed by atoms with E-state index in [-0.39, 0.29) is 16.5 Å². The quantitative estimate of drug-likeness (QED) is 0.460. The Kier molecular flexibility index (Phi) is 5.57. The highest BCUT2D eigenvalue weighted by Gasteiger charge is 2.28. The number of piperazine rings is 1. The molecule has 160 valence electrons. The molecule has 3 aromatic rings. The fourth-order valence-corrected chi connectivity index (χ4v) is 3.84. The van der Waals surface area contributed by atoms with Crippen LogP contribution in [0.1, 0.15) is 10.4 Å². The molecule has 9 nitrogen and oxygen atoms in total. The molecule has 0 aliphatic carbocycles. The Bertz CT molecular complexity index is 1120. The van der Waals surface area contributed by atoms with Crippen LogP contribution in [0.5, 0.6) is 11.5 Å². The molecule has 1 aromatic heterocycles. The molecule has 4 rings (SSSR count). The summed E-state index contributed by atoms with van der Waals surface area (Å²) in [6, 6.07) is 12.0. The van der Waals surface area contributed by atoms with Gasteiger partial charge in [-0.15, -0.1) is 0 Å². The van der Waals surface area contributed by atoms with Gasteiger partial charge in [-0.2, -0.15) is 0 Å². The summed E-state index contributed by atoms with van der Waals surface area (Å²) in [5.41, 5.74) is 1.65. The van der Waals surface area contributed by atoms with Gasteiger partial charge in [0.1, 0.15) is 17.2 Å². The van der Waals surface area contributed by atoms with Gasteiger partial charge in [-0.1, -0.05) is 0 Å². The number of amides is 1. The summed E-state index contributed by atoms with van der Waals surface area (Å²) >= 11 is 0. The SMILES string of the molecule is COc1cc(OC)cc(C(=O)N2CCN(c3ccc4ncccc4c3[N+](=O)[O-])CC2)c1. The molecule has 0 saturated carbocycles. The van der Waals surface area contributed by atoms with E-state index in [1.165, 1.54) is 14.2 Å². The van der Waals surface area contributed by atoms with Crippen molar-refractivity contribution in [2.75, 3.05) is 45.3 Å². The maximum Gasteiger partial charge on any atom is 0.301 e. The topological polar surface area (TPSA) is 98.0 Å². The number of rotatable bonds is 5. The van der Waals surface area contributed by atoms with Crippen LogP contribution in [-0.2, 0) is 0 Å². The van der Waals surface area contributed by atoms with Gasteiger partial charge in [0.2, 0.25) is 0 Å². The van der Waals surface area contributed by atoms with Gasteiger partial charge in [-0.3, -0.25) is 19.9 Å². The Hall–Kier alpha value is -3.88. The first-order valence-corrected chi connectivity index (χ1v) is 9.81. The van der Waals surface area contributed by atoms with Crippen molar-refractivity contribution in [2.24, 2.45) is 0 Å². The third-order valence-electron chi connectivity index (χ3n) is 5.42. The summed E-state index contributed by atoms with van der Waals surface area (Å²) in [7, 11) is 3.07. The minimum Gasteiger partial charge on any atom is -0.497 e. The van der Waals surface area contributed by atoms with Crippen molar-refractivity contribution < 1.29 is 19.2 Å². The van der Waals surface area contributed by atoms with Gasteiger partial charge in [-0.05, 0) is 36.4 Å². The summed E-state index contributed by atoms with van der Waals surface area (Å²) in [4.78, 5) is 32.4. The second-order valence-electron chi connectivity index (χ2n) is 7.14. The second-order valence-corrected chi connectivity index (χ2v) is 7.14. The maximum absolute atomic E-state index is 13.0. The number of methoxy groups -OCH3 is 2. The zero-order chi connectivity index (χ0) is 22.0. The van der Waals surface area contributed by atoms with E-state index in [1.54, 1.807) is 53.6 Å². The van der Waals surface area contributed by atoms with E-state index < -0.39 is 0 Å². The van der Waals surface area contributed by atoms with Crippen LogP contribution in [0.15, 0.2) is 48.7 Å². The zero-order valence-electron chi connectivity index (χ0n) is 17.3. The van der Waals surface area contributed by atoms with Crippen molar-refractivity contribution in [3.8, 4) is 11.5 Å². The predicted molar refractivity (Wildman–Crippen MR) is 116 cm³/mol. The number of nitro groups is 1. The van der Waals surface area contributed by atoms with E-state index in [2.05, 4.69) is 4.98 Å². The molecule has 0 N–H and O–H groups in total. The fraction of sp³-hybridized carbons (Fsp3) is 0.273. The van der Waals surface area contributed by atoms with E-state index >= 15 is 0 Å². The van der Waals surface area contributed by atoms with Gasteiger partial charge in [-0.25, -0.2) is 0 Å². The van der Waals surface area contributed by atoms with Crippen molar-refractivity contribution in [1.29, 1.82) is 0 Å². The van der Waals surface area contributed by atoms with Crippen LogP contribution in [-0.4, -0.2) is 61.1 Å². The number of hydrogen-bond acceptors (Lipinski definition) is 7. The summed E-state index contributed by atoms with van der Waals surface area (Å²) in [6.45, 7) is 1.86. The van der Waals surface area contributed by atoms with E-state index in [0.29, 0.717) is 59.8 Å². The van der Waals surface area contributed by atoms with Crippen molar-refractivity contribution >= 4 is 28.2 Å². The number of nitrogens with zero attached hydrogens (tertiary/aromatic N) is 4. The monoisotopic (exact) mass is 422 g/mol. The first kappa shape index (κ1) is 20.4. The van der Waals surface area contributed by atoms with Crippen LogP contribution in [0.2, 0.25) is 0 Å². The lowest BCUT2D eigenvalue weighted by atomic mass is 10.1. The Labute approximate surface area is 178 Å². The molecule has 1 aliphatic rings. The van der Waals surface area contributed by atoms with E-state index in [9.17, 15) is 14.9 Å². The Morgan fingerprint density at radius 3 is 2.32 bits per heavy atom. The number of fused-ring (bicyclic) bond motifs is 1. The molecule has 1 saturated heterocycles. The molecule has 2 aromatic carbocycles. The highest BCUT2D eigenvalue weighted by molar-refractivity contribution is 5.96. The number of carbonyl (C=O) groups excluding carboxylic acids is 1. The maximum atomic E-state index is 13.0. The summed E-state index contributed by atoms with van der Waals surface area (Å²) in [6.07, 6.45) is 1.61. The van der Waals surface area contributed by atoms with Crippen LogP contribution in [0.25, 0.3) is 10.9 Å². The number of ether oxygens (including phenoxy) is 2. The average Bonchev–Trinajstić information content (AvgIpc) is 2.82. The molecule has 2 heterocycles. The van der Waals surface area contributed by atoms with Crippen molar-refractivity contribution in [1.82, 2.24) is 9.88 Å². The van der Waals surface area contributed by atoms with E-state index in [0.717, 1.165) is 0 Å². The Morgan fingerprint density at radius 2 is 1.71 bits per heavy atom. The normalized spacial score (nSPS) is 13.9. The average molecular weight is 422 g/mol. The second kappa shape index (κ2) is 8.47. The van der Waals surface area contributed by atoms with Crippen LogP contribution >= 0.6 is 0 Å². The number of pyridine rings is 1. The van der Waals surface area contributed by atoms with Crippen molar-refractivity contribution in [2.45, 2.75) is 0 Å². The first-order chi connectivity index (χ1) is 15.0. The Morgan fingerprint density at radius 1 is 1.03 bits per heavy atom. The minimum absolute atomic E-state index is 0.0444. The number of carbonyl (C=O) groups is 1. The van der Waals surface area contributed by atoms with Gasteiger partial charge in [0.05, 0.1) is 30.0 Å². The molecule has 0 bridgehead atoms. The highest BCUT2D eigenvalue weighted by atomic mass is 16.6. The number of benzene rings is 2. The molecule has 0 unspecified atom stereocenters. The number of hydrogen-bond donors (Lipinski definition) is 0. The van der Waals surface area contributed by atoms with Crippen molar-refractivity contribution in [3.63, 3.8) is 0 Å². The summed E-state index contributed by atoms with van der Waals surface area (Å²) in [5.74, 6) is 0.956. The van der Waals surface area contributed by atoms with Gasteiger partial charge < -0.3 is 19.3 Å². The largest absolute Gasteiger partial charge is 0.497 e. The number of nitro benzene ring substituents is 1. The lowest BCUT2D eigenvalue weighted by Crippen LogP contribution is -2.49. The van der Waals surface area contributed by atoms with Crippen LogP contribution < -0.4 is 14.4 Å². The molecule has 9 heteroatoms. The molecular formula is C22H22N4O5. The third kappa shape index (κ3) is 3.94. The predicted octanol–water partition coefficient (Wildman–Crippen LogP) is 3.12. The lowest BCUT2D eigenvalue weighted by molar-refractivity contribution is -0.382. The lowest BCUT2D eigenvalue weighted by Gasteiger charge is -2.36. The molecule has 0 spiro atoms. The van der Waals surface area contributed by atoms with Gasteiger partial charge in [0, 0.05) is 44.0 Å². The summed E-state index contributed by atoms with van der Waals surface area (Å²) in [5, 5.41) is 12.3. The van der Waals surface area contributed by atoms with Gasteiger partial charge in [0.25, 0.3) is 5.91 Å². The van der Waals surface area contributed by atoms with Crippen molar-refractivity contribution in [3.05, 3.63) is 64.3 Å². The van der Waals surface area contributed by atoms with Crippen LogP contribution in [0.4, 0.5) is 11.4 Å². The molecule has 1 amide bonds. The smallest absolute Gasteiger partial charge is 0.301 e. The number of anilines is 1. The van der Waals surface area contributed by atoms with Crippen LogP contribution in [0.3, 0.4) is 0 Å². The van der Waals surface area contributed by atoms with Gasteiger partial charge in [0.15, 0.2) is 0 Å². The molecule has 0 radical (unpaired) electrons. The van der Waals surface area contributed by atoms with Gasteiger partial charge >= 0.3 is 5.69 Å². The van der Waals surface area contributed by atoms with E-state index in [1.807, 2.05) is 4.90 Å². The molecule has 1 fully saturated rings. The summed E-state index contributed by atoms with van der Waals surface area (Å²) < 4.78 is 10.5. The molecule has 31 heavy (non-hydrogen) atoms. The fourth-order valence-electron chi connectivity index (χ4n) is 3.84. The van der Waals surface area contributed by atoms with E-state index in [4.69, 9.17) is 9.47 Å². The highest BCUT2D eigenvalue weighted by Crippen LogP contribution is 2.35. The van der Waals surface area contributed by atoms with Crippen LogP contribution in [0, 0.1) is 10.1 Å². The Balaban J connectivity index is 1.55. The molecule has 0 atom stereocenters. The number of aromatic nitrogens is 1. The standard InChI is InChI=1S/C22H22N4O5/c1-30-16-12-15(13-17(14-16)31-2)22(27)25-10-8-24(9-11-25)20-6-5-19-18(4-3-7-23-19)21(20)26(28)29/h3-7,12-14H,8-11H2,1-2H3. The molecular weight excluding hydrogens is 400 g/mol. The minimum atomic E-state index is -0.362. The molecule has 1 aliphatic heterocycles. The zero-order valence-corrected chi connectivity index (χ0v) is 17.3.